The number of rotatable bonds is 5. The fraction of sp³-hybridized carbons (Fsp3) is 0.632. The van der Waals surface area contributed by atoms with Gasteiger partial charge in [0, 0.05) is 45.0 Å². The highest BCUT2D eigenvalue weighted by atomic mass is 35.5. The highest BCUT2D eigenvalue weighted by Gasteiger charge is 2.28. The molecule has 0 aromatic heterocycles. The number of sulfonamides is 1. The third-order valence-corrected chi connectivity index (χ3v) is 7.24. The topological polar surface area (TPSA) is 73.0 Å². The number of carbonyl (C=O) groups is 1. The van der Waals surface area contributed by atoms with Gasteiger partial charge < -0.3 is 10.2 Å². The summed E-state index contributed by atoms with van der Waals surface area (Å²) >= 11 is 0. The monoisotopic (exact) mass is 430 g/mol. The molecule has 0 bridgehead atoms. The smallest absolute Gasteiger partial charge is 0.243 e. The van der Waals surface area contributed by atoms with Gasteiger partial charge in [-0.1, -0.05) is 6.92 Å². The van der Waals surface area contributed by atoms with E-state index in [-0.39, 0.29) is 23.2 Å². The molecule has 1 N–H and O–H groups in total. The second kappa shape index (κ2) is 10.0. The van der Waals surface area contributed by atoms with Gasteiger partial charge in [0.1, 0.15) is 0 Å². The Bertz CT molecular complexity index is 749. The van der Waals surface area contributed by atoms with E-state index in [2.05, 4.69) is 29.1 Å². The molecule has 1 aromatic rings. The van der Waals surface area contributed by atoms with Crippen molar-refractivity contribution in [3.8, 4) is 0 Å². The Morgan fingerprint density at radius 3 is 2.36 bits per heavy atom. The van der Waals surface area contributed by atoms with Crippen molar-refractivity contribution in [2.45, 2.75) is 24.7 Å². The van der Waals surface area contributed by atoms with Crippen LogP contribution in [0.25, 0.3) is 0 Å². The number of amides is 1. The minimum Gasteiger partial charge on any atom is -0.325 e. The van der Waals surface area contributed by atoms with E-state index in [0.29, 0.717) is 31.2 Å². The van der Waals surface area contributed by atoms with Crippen molar-refractivity contribution in [3.63, 3.8) is 0 Å². The van der Waals surface area contributed by atoms with Crippen LogP contribution in [0.5, 0.6) is 0 Å². The summed E-state index contributed by atoms with van der Waals surface area (Å²) in [6.45, 7) is 7.30. The maximum atomic E-state index is 12.8. The molecule has 2 fully saturated rings. The highest BCUT2D eigenvalue weighted by Crippen LogP contribution is 2.24. The Labute approximate surface area is 174 Å². The van der Waals surface area contributed by atoms with Gasteiger partial charge in [0.2, 0.25) is 15.9 Å². The average molecular weight is 431 g/mol. The molecule has 1 unspecified atom stereocenters. The van der Waals surface area contributed by atoms with Crippen molar-refractivity contribution in [1.82, 2.24) is 14.1 Å². The van der Waals surface area contributed by atoms with Gasteiger partial charge >= 0.3 is 0 Å². The van der Waals surface area contributed by atoms with Gasteiger partial charge in [-0.25, -0.2) is 8.42 Å². The predicted octanol–water partition coefficient (Wildman–Crippen LogP) is 1.71. The fourth-order valence-corrected chi connectivity index (χ4v) is 5.23. The number of piperidine rings is 1. The normalized spacial score (nSPS) is 22.4. The maximum absolute atomic E-state index is 12.8. The van der Waals surface area contributed by atoms with E-state index < -0.39 is 10.0 Å². The van der Waals surface area contributed by atoms with Crippen LogP contribution in [0.15, 0.2) is 29.2 Å². The summed E-state index contributed by atoms with van der Waals surface area (Å²) in [4.78, 5) is 16.9. The van der Waals surface area contributed by atoms with Crippen molar-refractivity contribution in [1.29, 1.82) is 0 Å². The van der Waals surface area contributed by atoms with Gasteiger partial charge in [-0.3, -0.25) is 9.69 Å². The molecule has 9 heteroatoms. The fourth-order valence-electron chi connectivity index (χ4n) is 3.63. The molecule has 3 rings (SSSR count). The molecule has 2 aliphatic rings. The Kier molecular flexibility index (Phi) is 8.27. The minimum absolute atomic E-state index is 0. The lowest BCUT2D eigenvalue weighted by Gasteiger charge is -2.31. The number of nitrogens with one attached hydrogen (secondary N) is 1. The second-order valence-corrected chi connectivity index (χ2v) is 9.70. The number of likely N-dealkylation sites (N-methyl/N-ethyl adjacent to an activating group) is 1. The first-order chi connectivity index (χ1) is 12.8. The Morgan fingerprint density at radius 2 is 1.75 bits per heavy atom. The van der Waals surface area contributed by atoms with E-state index in [9.17, 15) is 13.2 Å². The lowest BCUT2D eigenvalue weighted by Crippen LogP contribution is -2.47. The van der Waals surface area contributed by atoms with Gasteiger partial charge in [-0.15, -0.1) is 12.4 Å². The number of nitrogens with zero attached hydrogens (tertiary/aromatic N) is 3. The van der Waals surface area contributed by atoms with Crippen molar-refractivity contribution in [2.75, 3.05) is 58.2 Å². The van der Waals surface area contributed by atoms with Gasteiger partial charge in [0.05, 0.1) is 11.4 Å². The van der Waals surface area contributed by atoms with Crippen molar-refractivity contribution in [3.05, 3.63) is 24.3 Å². The van der Waals surface area contributed by atoms with E-state index in [4.69, 9.17) is 0 Å². The zero-order valence-corrected chi connectivity index (χ0v) is 18.3. The van der Waals surface area contributed by atoms with Gasteiger partial charge in [-0.05, 0) is 50.1 Å². The minimum atomic E-state index is -3.46. The van der Waals surface area contributed by atoms with E-state index >= 15 is 0 Å². The molecule has 2 aliphatic heterocycles. The summed E-state index contributed by atoms with van der Waals surface area (Å²) in [7, 11) is -1.38. The highest BCUT2D eigenvalue weighted by molar-refractivity contribution is 7.89. The van der Waals surface area contributed by atoms with E-state index in [0.717, 1.165) is 39.0 Å². The molecule has 158 valence electrons. The molecular weight excluding hydrogens is 400 g/mol. The summed E-state index contributed by atoms with van der Waals surface area (Å²) in [5.74, 6) is 0.321. The quantitative estimate of drug-likeness (QED) is 0.769. The predicted molar refractivity (Wildman–Crippen MR) is 113 cm³/mol. The van der Waals surface area contributed by atoms with Gasteiger partial charge in [0.15, 0.2) is 0 Å². The Hall–Kier alpha value is -1.19. The molecule has 2 saturated heterocycles. The van der Waals surface area contributed by atoms with Crippen LogP contribution in [0, 0.1) is 5.92 Å². The SMILES string of the molecule is CC1CCCN(S(=O)(=O)c2ccc(NC(=O)CN3CCN(C)CC3)cc2)C1.Cl. The summed E-state index contributed by atoms with van der Waals surface area (Å²) in [6.07, 6.45) is 1.98. The molecule has 0 aliphatic carbocycles. The van der Waals surface area contributed by atoms with Crippen LogP contribution in [0.4, 0.5) is 5.69 Å². The maximum Gasteiger partial charge on any atom is 0.243 e. The average Bonchev–Trinajstić information content (AvgIpc) is 2.64. The van der Waals surface area contributed by atoms with Gasteiger partial charge in [-0.2, -0.15) is 4.31 Å². The first-order valence-corrected chi connectivity index (χ1v) is 11.1. The third kappa shape index (κ3) is 5.90. The number of hydrogen-bond donors (Lipinski definition) is 1. The summed E-state index contributed by atoms with van der Waals surface area (Å²) in [5, 5.41) is 2.86. The number of benzene rings is 1. The molecule has 28 heavy (non-hydrogen) atoms. The molecule has 7 nitrogen and oxygen atoms in total. The molecule has 1 atom stereocenters. The molecule has 1 aromatic carbocycles. The van der Waals surface area contributed by atoms with Gasteiger partial charge in [0.25, 0.3) is 0 Å². The van der Waals surface area contributed by atoms with Crippen molar-refractivity contribution < 1.29 is 13.2 Å². The lowest BCUT2D eigenvalue weighted by molar-refractivity contribution is -0.117. The van der Waals surface area contributed by atoms with Crippen molar-refractivity contribution in [2.24, 2.45) is 5.92 Å². The molecule has 0 saturated carbocycles. The zero-order valence-electron chi connectivity index (χ0n) is 16.6. The molecule has 0 radical (unpaired) electrons. The van der Waals surface area contributed by atoms with Crippen LogP contribution in [0.3, 0.4) is 0 Å². The van der Waals surface area contributed by atoms with Crippen LogP contribution in [-0.4, -0.2) is 81.3 Å². The zero-order chi connectivity index (χ0) is 19.4. The lowest BCUT2D eigenvalue weighted by atomic mass is 10.0. The Morgan fingerprint density at radius 1 is 1.11 bits per heavy atom. The summed E-state index contributed by atoms with van der Waals surface area (Å²) in [5.41, 5.74) is 0.625. The number of halogens is 1. The van der Waals surface area contributed by atoms with E-state index in [1.807, 2.05) is 0 Å². The van der Waals surface area contributed by atoms with Crippen LogP contribution in [-0.2, 0) is 14.8 Å². The molecule has 1 amide bonds. The largest absolute Gasteiger partial charge is 0.325 e. The van der Waals surface area contributed by atoms with Crippen LogP contribution in [0.2, 0.25) is 0 Å². The summed E-state index contributed by atoms with van der Waals surface area (Å²) < 4.78 is 27.1. The summed E-state index contributed by atoms with van der Waals surface area (Å²) in [6, 6.07) is 6.50. The first kappa shape index (κ1) is 23.1. The van der Waals surface area contributed by atoms with Crippen molar-refractivity contribution >= 4 is 34.0 Å². The Balaban J connectivity index is 0.00000280. The number of carbonyl (C=O) groups excluding carboxylic acids is 1. The molecule has 0 spiro atoms. The van der Waals surface area contributed by atoms with E-state index in [1.54, 1.807) is 28.6 Å². The van der Waals surface area contributed by atoms with Crippen LogP contribution < -0.4 is 5.32 Å². The third-order valence-electron chi connectivity index (χ3n) is 5.36. The number of hydrogen-bond acceptors (Lipinski definition) is 5. The van der Waals surface area contributed by atoms with Crippen LogP contribution in [0.1, 0.15) is 19.8 Å². The molecular formula is C19H31ClN4O3S. The first-order valence-electron chi connectivity index (χ1n) is 9.65. The van der Waals surface area contributed by atoms with Crippen LogP contribution >= 0.6 is 12.4 Å². The number of piperazine rings is 1. The molecule has 2 heterocycles. The number of anilines is 1. The van der Waals surface area contributed by atoms with E-state index in [1.165, 1.54) is 0 Å². The second-order valence-electron chi connectivity index (χ2n) is 7.76. The standard InChI is InChI=1S/C19H30N4O3S.ClH/c1-16-4-3-9-23(14-16)27(25,26)18-7-5-17(6-8-18)20-19(24)15-22-12-10-21(2)11-13-22;/h5-8,16H,3-4,9-15H2,1-2H3,(H,20,24);1H.